The van der Waals surface area contributed by atoms with Crippen molar-refractivity contribution in [2.45, 2.75) is 38.6 Å². The SMILES string of the molecule is CCCC(F)C(Oc1cccc(CO)c1)C(=O)O. The Morgan fingerprint density at radius 2 is 2.22 bits per heavy atom. The molecular formula is C13H17FO4. The summed E-state index contributed by atoms with van der Waals surface area (Å²) in [7, 11) is 0. The average Bonchev–Trinajstić information content (AvgIpc) is 2.36. The summed E-state index contributed by atoms with van der Waals surface area (Å²) in [5, 5.41) is 17.9. The van der Waals surface area contributed by atoms with Crippen LogP contribution in [0.25, 0.3) is 0 Å². The highest BCUT2D eigenvalue weighted by molar-refractivity contribution is 5.73. The van der Waals surface area contributed by atoms with Gasteiger partial charge in [-0.25, -0.2) is 9.18 Å². The molecule has 0 aromatic heterocycles. The summed E-state index contributed by atoms with van der Waals surface area (Å²) >= 11 is 0. The molecule has 100 valence electrons. The molecule has 0 saturated heterocycles. The van der Waals surface area contributed by atoms with E-state index in [2.05, 4.69) is 0 Å². The van der Waals surface area contributed by atoms with Crippen LogP contribution in [-0.2, 0) is 11.4 Å². The van der Waals surface area contributed by atoms with E-state index in [0.717, 1.165) is 0 Å². The van der Waals surface area contributed by atoms with Crippen molar-refractivity contribution in [3.63, 3.8) is 0 Å². The van der Waals surface area contributed by atoms with Gasteiger partial charge < -0.3 is 14.9 Å². The van der Waals surface area contributed by atoms with Gasteiger partial charge in [-0.2, -0.15) is 0 Å². The maximum atomic E-state index is 13.6. The Balaban J connectivity index is 2.79. The second-order valence-electron chi connectivity index (χ2n) is 3.99. The first kappa shape index (κ1) is 14.4. The molecule has 0 bridgehead atoms. The summed E-state index contributed by atoms with van der Waals surface area (Å²) in [4.78, 5) is 11.0. The van der Waals surface area contributed by atoms with E-state index >= 15 is 0 Å². The number of ether oxygens (including phenoxy) is 1. The van der Waals surface area contributed by atoms with E-state index in [9.17, 15) is 9.18 Å². The predicted molar refractivity (Wildman–Crippen MR) is 64.2 cm³/mol. The summed E-state index contributed by atoms with van der Waals surface area (Å²) in [6.45, 7) is 1.60. The van der Waals surface area contributed by atoms with Crippen molar-refractivity contribution in [3.05, 3.63) is 29.8 Å². The molecule has 0 amide bonds. The molecule has 5 heteroatoms. The van der Waals surface area contributed by atoms with E-state index in [0.29, 0.717) is 12.0 Å². The summed E-state index contributed by atoms with van der Waals surface area (Å²) in [5.74, 6) is -1.09. The largest absolute Gasteiger partial charge is 0.478 e. The van der Waals surface area contributed by atoms with Gasteiger partial charge in [-0.15, -0.1) is 0 Å². The van der Waals surface area contributed by atoms with Crippen LogP contribution >= 0.6 is 0 Å². The fourth-order valence-electron chi connectivity index (χ4n) is 1.57. The van der Waals surface area contributed by atoms with Crippen LogP contribution in [0, 0.1) is 0 Å². The lowest BCUT2D eigenvalue weighted by atomic mass is 10.1. The van der Waals surface area contributed by atoms with E-state index in [1.807, 2.05) is 0 Å². The van der Waals surface area contributed by atoms with Crippen molar-refractivity contribution < 1.29 is 24.1 Å². The molecule has 0 fully saturated rings. The highest BCUT2D eigenvalue weighted by Gasteiger charge is 2.29. The highest BCUT2D eigenvalue weighted by atomic mass is 19.1. The van der Waals surface area contributed by atoms with Gasteiger partial charge in [0.05, 0.1) is 6.61 Å². The van der Waals surface area contributed by atoms with Crippen LogP contribution in [0.4, 0.5) is 4.39 Å². The van der Waals surface area contributed by atoms with Crippen LogP contribution < -0.4 is 4.74 Å². The van der Waals surface area contributed by atoms with E-state index < -0.39 is 18.2 Å². The van der Waals surface area contributed by atoms with Crippen molar-refractivity contribution >= 4 is 5.97 Å². The maximum absolute atomic E-state index is 13.6. The second-order valence-corrected chi connectivity index (χ2v) is 3.99. The molecule has 1 aromatic carbocycles. The highest BCUT2D eigenvalue weighted by Crippen LogP contribution is 2.19. The summed E-state index contributed by atoms with van der Waals surface area (Å²) < 4.78 is 18.8. The van der Waals surface area contributed by atoms with Crippen LogP contribution in [0.1, 0.15) is 25.3 Å². The van der Waals surface area contributed by atoms with Crippen molar-refractivity contribution in [3.8, 4) is 5.75 Å². The van der Waals surface area contributed by atoms with Gasteiger partial charge in [0, 0.05) is 0 Å². The number of halogens is 1. The van der Waals surface area contributed by atoms with Crippen molar-refractivity contribution in [1.82, 2.24) is 0 Å². The van der Waals surface area contributed by atoms with Gasteiger partial charge in [0.15, 0.2) is 0 Å². The molecule has 0 aliphatic rings. The summed E-state index contributed by atoms with van der Waals surface area (Å²) in [5.41, 5.74) is 0.586. The van der Waals surface area contributed by atoms with Crippen molar-refractivity contribution in [1.29, 1.82) is 0 Å². The van der Waals surface area contributed by atoms with E-state index in [1.54, 1.807) is 19.1 Å². The molecular weight excluding hydrogens is 239 g/mol. The number of rotatable bonds is 7. The van der Waals surface area contributed by atoms with Gasteiger partial charge in [0.2, 0.25) is 6.10 Å². The molecule has 1 rings (SSSR count). The van der Waals surface area contributed by atoms with Gasteiger partial charge in [-0.1, -0.05) is 25.5 Å². The van der Waals surface area contributed by atoms with Crippen LogP contribution in [0.15, 0.2) is 24.3 Å². The predicted octanol–water partition coefficient (Wildman–Crippen LogP) is 2.15. The number of benzene rings is 1. The lowest BCUT2D eigenvalue weighted by molar-refractivity contribution is -0.148. The number of carbonyl (C=O) groups is 1. The molecule has 2 unspecified atom stereocenters. The lowest BCUT2D eigenvalue weighted by Gasteiger charge is -2.18. The zero-order chi connectivity index (χ0) is 13.5. The minimum Gasteiger partial charge on any atom is -0.478 e. The zero-order valence-electron chi connectivity index (χ0n) is 10.2. The molecule has 0 heterocycles. The Hall–Kier alpha value is -1.62. The topological polar surface area (TPSA) is 66.8 Å². The Morgan fingerprint density at radius 1 is 1.50 bits per heavy atom. The lowest BCUT2D eigenvalue weighted by Crippen LogP contribution is -2.36. The normalized spacial score (nSPS) is 13.9. The van der Waals surface area contributed by atoms with Gasteiger partial charge in [0.25, 0.3) is 0 Å². The summed E-state index contributed by atoms with van der Waals surface area (Å²) in [6.07, 6.45) is -2.38. The average molecular weight is 256 g/mol. The number of alkyl halides is 1. The zero-order valence-corrected chi connectivity index (χ0v) is 10.2. The molecule has 0 aliphatic carbocycles. The quantitative estimate of drug-likeness (QED) is 0.784. The third-order valence-corrected chi connectivity index (χ3v) is 2.48. The standard InChI is InChI=1S/C13H17FO4/c1-2-4-11(14)12(13(16)17)18-10-6-3-5-9(7-10)8-15/h3,5-7,11-12,15H,2,4,8H2,1H3,(H,16,17). The van der Waals surface area contributed by atoms with Crippen LogP contribution in [0.5, 0.6) is 5.75 Å². The third kappa shape index (κ3) is 4.00. The molecule has 0 aliphatic heterocycles. The fraction of sp³-hybridized carbons (Fsp3) is 0.462. The first-order valence-electron chi connectivity index (χ1n) is 5.81. The number of hydrogen-bond donors (Lipinski definition) is 2. The molecule has 1 aromatic rings. The smallest absolute Gasteiger partial charge is 0.348 e. The van der Waals surface area contributed by atoms with Gasteiger partial charge in [0.1, 0.15) is 11.9 Å². The van der Waals surface area contributed by atoms with Gasteiger partial charge in [-0.05, 0) is 24.1 Å². The minimum atomic E-state index is -1.55. The molecule has 2 N–H and O–H groups in total. The first-order valence-corrected chi connectivity index (χ1v) is 5.81. The molecule has 2 atom stereocenters. The van der Waals surface area contributed by atoms with Crippen LogP contribution in [0.2, 0.25) is 0 Å². The van der Waals surface area contributed by atoms with Crippen molar-refractivity contribution in [2.24, 2.45) is 0 Å². The summed E-state index contributed by atoms with van der Waals surface area (Å²) in [6, 6.07) is 6.32. The van der Waals surface area contributed by atoms with E-state index in [4.69, 9.17) is 14.9 Å². The van der Waals surface area contributed by atoms with Gasteiger partial charge in [-0.3, -0.25) is 0 Å². The molecule has 4 nitrogen and oxygen atoms in total. The number of hydrogen-bond acceptors (Lipinski definition) is 3. The first-order chi connectivity index (χ1) is 8.58. The second kappa shape index (κ2) is 6.96. The van der Waals surface area contributed by atoms with Crippen molar-refractivity contribution in [2.75, 3.05) is 0 Å². The Morgan fingerprint density at radius 3 is 2.78 bits per heavy atom. The number of aliphatic carboxylic acids is 1. The Bertz CT molecular complexity index is 394. The Kier molecular flexibility index (Phi) is 5.58. The molecule has 0 radical (unpaired) electrons. The maximum Gasteiger partial charge on any atom is 0.348 e. The molecule has 18 heavy (non-hydrogen) atoms. The van der Waals surface area contributed by atoms with Crippen LogP contribution in [0.3, 0.4) is 0 Å². The molecule has 0 saturated carbocycles. The van der Waals surface area contributed by atoms with E-state index in [-0.39, 0.29) is 18.8 Å². The monoisotopic (exact) mass is 256 g/mol. The Labute approximate surface area is 105 Å². The fourth-order valence-corrected chi connectivity index (χ4v) is 1.57. The van der Waals surface area contributed by atoms with Crippen LogP contribution in [-0.4, -0.2) is 28.5 Å². The number of aliphatic hydroxyl groups excluding tert-OH is 1. The number of aliphatic hydroxyl groups is 1. The molecule has 0 spiro atoms. The number of carboxylic acid groups (broad SMARTS) is 1. The number of carboxylic acids is 1. The minimum absolute atomic E-state index is 0.136. The van der Waals surface area contributed by atoms with Gasteiger partial charge >= 0.3 is 5.97 Å². The van der Waals surface area contributed by atoms with E-state index in [1.165, 1.54) is 12.1 Å². The third-order valence-electron chi connectivity index (χ3n) is 2.48.